The van der Waals surface area contributed by atoms with Crippen molar-refractivity contribution in [2.75, 3.05) is 25.0 Å². The number of nitrogens with zero attached hydrogens (tertiary/aromatic N) is 7. The van der Waals surface area contributed by atoms with Crippen molar-refractivity contribution in [2.24, 2.45) is 7.05 Å². The third-order valence-electron chi connectivity index (χ3n) is 6.83. The first-order chi connectivity index (χ1) is 16.4. The predicted molar refractivity (Wildman–Crippen MR) is 125 cm³/mol. The quantitative estimate of drug-likeness (QED) is 0.493. The number of hydrogen-bond acceptors (Lipinski definition) is 8. The SMILES string of the molecule is Cn1cc(S(=O)(=O)N2CCC(Nc3ncc4c(n3)n(C3CCCC3)c(=O)n4CCO)CC2)cn1. The predicted octanol–water partition coefficient (Wildman–Crippen LogP) is 0.699. The van der Waals surface area contributed by atoms with Crippen LogP contribution in [0.5, 0.6) is 0 Å². The molecule has 12 nitrogen and oxygen atoms in total. The van der Waals surface area contributed by atoms with E-state index < -0.39 is 10.0 Å². The second kappa shape index (κ2) is 9.12. The van der Waals surface area contributed by atoms with E-state index in [1.54, 1.807) is 22.4 Å². The summed E-state index contributed by atoms with van der Waals surface area (Å²) >= 11 is 0. The van der Waals surface area contributed by atoms with Crippen LogP contribution in [-0.2, 0) is 23.6 Å². The number of aliphatic hydroxyl groups is 1. The fraction of sp³-hybridized carbons (Fsp3) is 0.619. The summed E-state index contributed by atoms with van der Waals surface area (Å²) in [7, 11) is -1.87. The zero-order chi connectivity index (χ0) is 23.9. The van der Waals surface area contributed by atoms with Crippen molar-refractivity contribution in [1.29, 1.82) is 0 Å². The number of aliphatic hydroxyl groups excluding tert-OH is 1. The molecule has 0 spiro atoms. The lowest BCUT2D eigenvalue weighted by atomic mass is 10.1. The molecule has 2 aliphatic rings. The van der Waals surface area contributed by atoms with Crippen molar-refractivity contribution < 1.29 is 13.5 Å². The summed E-state index contributed by atoms with van der Waals surface area (Å²) in [6.45, 7) is 0.840. The van der Waals surface area contributed by atoms with Gasteiger partial charge in [-0.25, -0.2) is 18.2 Å². The summed E-state index contributed by atoms with van der Waals surface area (Å²) in [6.07, 6.45) is 9.79. The number of rotatable bonds is 7. The standard InChI is InChI=1S/C21H30N8O4S/c1-26-14-17(12-23-26)34(32,33)27-8-6-15(7-9-27)24-20-22-13-18-19(25-20)29(16-4-2-3-5-16)21(31)28(18)10-11-30/h12-16,30H,2-11H2,1H3,(H,22,24,25). The molecule has 0 amide bonds. The molecule has 1 saturated carbocycles. The first kappa shape index (κ1) is 23.0. The molecule has 184 valence electrons. The van der Waals surface area contributed by atoms with Crippen molar-refractivity contribution in [1.82, 2.24) is 33.2 Å². The third kappa shape index (κ3) is 4.12. The van der Waals surface area contributed by atoms with Crippen LogP contribution in [-0.4, -0.2) is 72.5 Å². The van der Waals surface area contributed by atoms with Crippen LogP contribution in [0, 0.1) is 0 Å². The number of aromatic nitrogens is 6. The Hall–Kier alpha value is -2.77. The highest BCUT2D eigenvalue weighted by atomic mass is 32.2. The first-order valence-corrected chi connectivity index (χ1v) is 13.2. The van der Waals surface area contributed by atoms with E-state index in [4.69, 9.17) is 4.98 Å². The maximum absolute atomic E-state index is 13.1. The van der Waals surface area contributed by atoms with Crippen molar-refractivity contribution in [3.63, 3.8) is 0 Å². The van der Waals surface area contributed by atoms with Gasteiger partial charge in [0.1, 0.15) is 10.4 Å². The van der Waals surface area contributed by atoms with Crippen molar-refractivity contribution in [3.8, 4) is 0 Å². The Balaban J connectivity index is 1.34. The minimum Gasteiger partial charge on any atom is -0.395 e. The number of imidazole rings is 1. The van der Waals surface area contributed by atoms with Crippen LogP contribution in [0.3, 0.4) is 0 Å². The van der Waals surface area contributed by atoms with Gasteiger partial charge >= 0.3 is 5.69 Å². The van der Waals surface area contributed by atoms with Crippen LogP contribution in [0.1, 0.15) is 44.6 Å². The monoisotopic (exact) mass is 490 g/mol. The van der Waals surface area contributed by atoms with E-state index in [0.29, 0.717) is 43.0 Å². The molecule has 34 heavy (non-hydrogen) atoms. The average Bonchev–Trinajstić information content (AvgIpc) is 3.55. The summed E-state index contributed by atoms with van der Waals surface area (Å²) < 4.78 is 31.9. The normalized spacial score (nSPS) is 18.8. The van der Waals surface area contributed by atoms with Crippen LogP contribution < -0.4 is 11.0 Å². The molecule has 5 rings (SSSR count). The van der Waals surface area contributed by atoms with Gasteiger partial charge < -0.3 is 10.4 Å². The fourth-order valence-electron chi connectivity index (χ4n) is 5.04. The van der Waals surface area contributed by atoms with Gasteiger partial charge in [0.05, 0.1) is 25.5 Å². The van der Waals surface area contributed by atoms with Crippen LogP contribution in [0.25, 0.3) is 11.2 Å². The molecule has 1 saturated heterocycles. The average molecular weight is 491 g/mol. The van der Waals surface area contributed by atoms with Gasteiger partial charge in [-0.3, -0.25) is 13.8 Å². The number of sulfonamides is 1. The minimum absolute atomic E-state index is 0.0176. The lowest BCUT2D eigenvalue weighted by Crippen LogP contribution is -2.42. The highest BCUT2D eigenvalue weighted by Crippen LogP contribution is 2.31. The van der Waals surface area contributed by atoms with E-state index in [0.717, 1.165) is 25.7 Å². The molecule has 0 atom stereocenters. The van der Waals surface area contributed by atoms with Gasteiger partial charge in [0.2, 0.25) is 16.0 Å². The lowest BCUT2D eigenvalue weighted by molar-refractivity contribution is 0.275. The maximum atomic E-state index is 13.1. The summed E-state index contributed by atoms with van der Waals surface area (Å²) in [4.78, 5) is 22.4. The van der Waals surface area contributed by atoms with Crippen LogP contribution in [0.2, 0.25) is 0 Å². The smallest absolute Gasteiger partial charge is 0.330 e. The van der Waals surface area contributed by atoms with Crippen molar-refractivity contribution >= 4 is 27.1 Å². The largest absolute Gasteiger partial charge is 0.395 e. The fourth-order valence-corrected chi connectivity index (χ4v) is 6.49. The molecule has 1 aliphatic heterocycles. The number of piperidine rings is 1. The Morgan fingerprint density at radius 2 is 1.88 bits per heavy atom. The second-order valence-electron chi connectivity index (χ2n) is 9.04. The van der Waals surface area contributed by atoms with E-state index in [-0.39, 0.29) is 35.8 Å². The number of nitrogens with one attached hydrogen (secondary N) is 1. The van der Waals surface area contributed by atoms with E-state index in [1.165, 1.54) is 21.4 Å². The Bertz CT molecular complexity index is 1330. The number of fused-ring (bicyclic) bond motifs is 1. The zero-order valence-electron chi connectivity index (χ0n) is 19.2. The topological polar surface area (TPSA) is 140 Å². The number of anilines is 1. The second-order valence-corrected chi connectivity index (χ2v) is 11.0. The van der Waals surface area contributed by atoms with E-state index in [2.05, 4.69) is 15.4 Å². The molecule has 1 aliphatic carbocycles. The molecule has 2 fully saturated rings. The Labute approximate surface area is 197 Å². The van der Waals surface area contributed by atoms with Crippen LogP contribution in [0.4, 0.5) is 5.95 Å². The van der Waals surface area contributed by atoms with E-state index in [1.807, 2.05) is 0 Å². The van der Waals surface area contributed by atoms with Gasteiger partial charge in [0.25, 0.3) is 0 Å². The van der Waals surface area contributed by atoms with Gasteiger partial charge in [-0.2, -0.15) is 14.4 Å². The molecule has 3 aromatic rings. The van der Waals surface area contributed by atoms with E-state index in [9.17, 15) is 18.3 Å². The van der Waals surface area contributed by atoms with Crippen molar-refractivity contribution in [2.45, 2.75) is 62.0 Å². The van der Waals surface area contributed by atoms with Gasteiger partial charge in [-0.15, -0.1) is 0 Å². The van der Waals surface area contributed by atoms with Gasteiger partial charge in [-0.05, 0) is 25.7 Å². The molecule has 3 aromatic heterocycles. The molecule has 0 aromatic carbocycles. The summed E-state index contributed by atoms with van der Waals surface area (Å²) in [6, 6.07) is 0.127. The third-order valence-corrected chi connectivity index (χ3v) is 8.68. The Morgan fingerprint density at radius 3 is 2.53 bits per heavy atom. The summed E-state index contributed by atoms with van der Waals surface area (Å²) in [5.41, 5.74) is 1.05. The zero-order valence-corrected chi connectivity index (χ0v) is 20.0. The van der Waals surface area contributed by atoms with Gasteiger partial charge in [0.15, 0.2) is 5.65 Å². The number of hydrogen-bond donors (Lipinski definition) is 2. The molecule has 13 heteroatoms. The van der Waals surface area contributed by atoms with Gasteiger partial charge in [0, 0.05) is 38.4 Å². The Morgan fingerprint density at radius 1 is 1.15 bits per heavy atom. The molecular weight excluding hydrogens is 460 g/mol. The molecule has 0 radical (unpaired) electrons. The lowest BCUT2D eigenvalue weighted by Gasteiger charge is -2.31. The molecule has 0 bridgehead atoms. The highest BCUT2D eigenvalue weighted by Gasteiger charge is 2.31. The summed E-state index contributed by atoms with van der Waals surface area (Å²) in [5, 5.41) is 16.7. The highest BCUT2D eigenvalue weighted by molar-refractivity contribution is 7.89. The Kier molecular flexibility index (Phi) is 6.16. The van der Waals surface area contributed by atoms with Gasteiger partial charge in [-0.1, -0.05) is 12.8 Å². The summed E-state index contributed by atoms with van der Waals surface area (Å²) in [5.74, 6) is 0.425. The molecule has 4 heterocycles. The van der Waals surface area contributed by atoms with Crippen molar-refractivity contribution in [3.05, 3.63) is 29.1 Å². The molecule has 0 unspecified atom stereocenters. The molecular formula is C21H30N8O4S. The molecule has 2 N–H and O–H groups in total. The number of aryl methyl sites for hydroxylation is 1. The van der Waals surface area contributed by atoms with E-state index >= 15 is 0 Å². The van der Waals surface area contributed by atoms with Crippen LogP contribution in [0.15, 0.2) is 28.3 Å². The minimum atomic E-state index is -3.56. The first-order valence-electron chi connectivity index (χ1n) is 11.7. The maximum Gasteiger partial charge on any atom is 0.330 e. The van der Waals surface area contributed by atoms with Crippen LogP contribution >= 0.6 is 0 Å².